The van der Waals surface area contributed by atoms with Crippen LogP contribution in [0.4, 0.5) is 0 Å². The van der Waals surface area contributed by atoms with Crippen LogP contribution in [-0.2, 0) is 16.4 Å². The van der Waals surface area contributed by atoms with Gasteiger partial charge in [-0.15, -0.1) is 0 Å². The number of aromatic nitrogens is 2. The topological polar surface area (TPSA) is 86.4 Å². The normalized spacial score (nSPS) is 16.0. The van der Waals surface area contributed by atoms with Crippen molar-refractivity contribution < 1.29 is 13.2 Å². The van der Waals surface area contributed by atoms with Gasteiger partial charge in [0.25, 0.3) is 5.91 Å². The van der Waals surface area contributed by atoms with Crippen LogP contribution in [0.5, 0.6) is 0 Å². The summed E-state index contributed by atoms with van der Waals surface area (Å²) in [5.41, 5.74) is 2.44. The molecule has 0 saturated carbocycles. The lowest BCUT2D eigenvalue weighted by molar-refractivity contribution is 0.0692. The van der Waals surface area contributed by atoms with E-state index < -0.39 is 10.0 Å². The average molecular weight is 419 g/mol. The first-order chi connectivity index (χ1) is 13.7. The largest absolute Gasteiger partial charge is 0.335 e. The summed E-state index contributed by atoms with van der Waals surface area (Å²) in [6.45, 7) is 9.64. The molecular weight excluding hydrogens is 388 g/mol. The minimum absolute atomic E-state index is 0.158. The number of carbonyl (C=O) groups is 1. The SMILES string of the molecule is CC(C)Cc1cc(C(=O)N2CCN(S(=O)(=O)c3ccc(C(C)C)cc3)CC2)n[nH]1. The van der Waals surface area contributed by atoms with Crippen LogP contribution in [0.25, 0.3) is 0 Å². The zero-order valence-corrected chi connectivity index (χ0v) is 18.4. The summed E-state index contributed by atoms with van der Waals surface area (Å²) in [6, 6.07) is 8.86. The Morgan fingerprint density at radius 1 is 1.07 bits per heavy atom. The van der Waals surface area contributed by atoms with Crippen molar-refractivity contribution in [2.75, 3.05) is 26.2 Å². The highest BCUT2D eigenvalue weighted by Gasteiger charge is 2.31. The van der Waals surface area contributed by atoms with E-state index in [1.165, 1.54) is 4.31 Å². The Morgan fingerprint density at radius 2 is 1.69 bits per heavy atom. The van der Waals surface area contributed by atoms with E-state index in [0.717, 1.165) is 17.7 Å². The van der Waals surface area contributed by atoms with Gasteiger partial charge in [0.05, 0.1) is 4.90 Å². The van der Waals surface area contributed by atoms with E-state index in [1.54, 1.807) is 23.1 Å². The van der Waals surface area contributed by atoms with Gasteiger partial charge in [-0.3, -0.25) is 9.89 Å². The van der Waals surface area contributed by atoms with Crippen molar-refractivity contribution in [3.8, 4) is 0 Å². The molecule has 1 aliphatic heterocycles. The fourth-order valence-electron chi connectivity index (χ4n) is 3.48. The minimum atomic E-state index is -3.55. The van der Waals surface area contributed by atoms with Crippen molar-refractivity contribution in [1.82, 2.24) is 19.4 Å². The molecule has 8 heteroatoms. The summed E-state index contributed by atoms with van der Waals surface area (Å²) in [7, 11) is -3.55. The second kappa shape index (κ2) is 8.67. The smallest absolute Gasteiger partial charge is 0.274 e. The molecule has 1 amide bonds. The first kappa shape index (κ1) is 21.5. The van der Waals surface area contributed by atoms with Crippen LogP contribution < -0.4 is 0 Å². The highest BCUT2D eigenvalue weighted by molar-refractivity contribution is 7.89. The molecule has 158 valence electrons. The average Bonchev–Trinajstić information content (AvgIpc) is 3.15. The molecule has 1 N–H and O–H groups in total. The highest BCUT2D eigenvalue weighted by atomic mass is 32.2. The van der Waals surface area contributed by atoms with Gasteiger partial charge in [0.1, 0.15) is 5.69 Å². The van der Waals surface area contributed by atoms with Gasteiger partial charge in [-0.2, -0.15) is 9.40 Å². The molecule has 0 aliphatic carbocycles. The van der Waals surface area contributed by atoms with Crippen LogP contribution in [0.2, 0.25) is 0 Å². The maximum absolute atomic E-state index is 12.9. The van der Waals surface area contributed by atoms with E-state index in [9.17, 15) is 13.2 Å². The molecule has 1 saturated heterocycles. The third kappa shape index (κ3) is 4.87. The molecule has 2 aromatic rings. The third-order valence-electron chi connectivity index (χ3n) is 5.19. The van der Waals surface area contributed by atoms with E-state index in [2.05, 4.69) is 37.9 Å². The molecule has 3 rings (SSSR count). The molecule has 0 radical (unpaired) electrons. The van der Waals surface area contributed by atoms with Crippen molar-refractivity contribution in [3.63, 3.8) is 0 Å². The Bertz CT molecular complexity index is 941. The zero-order valence-electron chi connectivity index (χ0n) is 17.6. The lowest BCUT2D eigenvalue weighted by Gasteiger charge is -2.33. The number of hydrogen-bond acceptors (Lipinski definition) is 4. The van der Waals surface area contributed by atoms with Crippen LogP contribution in [0.15, 0.2) is 35.2 Å². The number of sulfonamides is 1. The van der Waals surface area contributed by atoms with Crippen molar-refractivity contribution in [1.29, 1.82) is 0 Å². The fourth-order valence-corrected chi connectivity index (χ4v) is 4.91. The lowest BCUT2D eigenvalue weighted by atomic mass is 10.0. The van der Waals surface area contributed by atoms with Crippen molar-refractivity contribution in [2.45, 2.75) is 44.9 Å². The van der Waals surface area contributed by atoms with Crippen molar-refractivity contribution in [2.24, 2.45) is 5.92 Å². The number of carbonyl (C=O) groups excluding carboxylic acids is 1. The zero-order chi connectivity index (χ0) is 21.2. The molecule has 1 aromatic heterocycles. The molecule has 0 atom stereocenters. The van der Waals surface area contributed by atoms with Gasteiger partial charge >= 0.3 is 0 Å². The van der Waals surface area contributed by atoms with Crippen molar-refractivity contribution >= 4 is 15.9 Å². The van der Waals surface area contributed by atoms with Gasteiger partial charge in [0.15, 0.2) is 0 Å². The lowest BCUT2D eigenvalue weighted by Crippen LogP contribution is -2.50. The predicted molar refractivity (Wildman–Crippen MR) is 112 cm³/mol. The number of benzene rings is 1. The Kier molecular flexibility index (Phi) is 6.43. The first-order valence-corrected chi connectivity index (χ1v) is 11.6. The second-order valence-corrected chi connectivity index (χ2v) is 10.2. The Hall–Kier alpha value is -2.19. The number of H-pyrrole nitrogens is 1. The number of piperazine rings is 1. The third-order valence-corrected chi connectivity index (χ3v) is 7.10. The van der Waals surface area contributed by atoms with Crippen LogP contribution in [-0.4, -0.2) is 59.9 Å². The summed E-state index contributed by atoms with van der Waals surface area (Å²) < 4.78 is 27.3. The van der Waals surface area contributed by atoms with E-state index in [1.807, 2.05) is 12.1 Å². The highest BCUT2D eigenvalue weighted by Crippen LogP contribution is 2.21. The van der Waals surface area contributed by atoms with Gasteiger partial charge in [-0.1, -0.05) is 39.8 Å². The van der Waals surface area contributed by atoms with E-state index in [4.69, 9.17) is 0 Å². The molecule has 7 nitrogen and oxygen atoms in total. The molecule has 1 aliphatic rings. The number of nitrogens with zero attached hydrogens (tertiary/aromatic N) is 3. The summed E-state index contributed by atoms with van der Waals surface area (Å²) in [5, 5.41) is 7.05. The van der Waals surface area contributed by atoms with Crippen LogP contribution in [0, 0.1) is 5.92 Å². The Labute approximate surface area is 173 Å². The van der Waals surface area contributed by atoms with E-state index >= 15 is 0 Å². The molecule has 0 unspecified atom stereocenters. The quantitative estimate of drug-likeness (QED) is 0.781. The van der Waals surface area contributed by atoms with Gasteiger partial charge in [0, 0.05) is 31.9 Å². The monoisotopic (exact) mass is 418 g/mol. The molecule has 29 heavy (non-hydrogen) atoms. The van der Waals surface area contributed by atoms with Crippen LogP contribution in [0.3, 0.4) is 0 Å². The van der Waals surface area contributed by atoms with Crippen molar-refractivity contribution in [3.05, 3.63) is 47.3 Å². The Morgan fingerprint density at radius 3 is 2.24 bits per heavy atom. The van der Waals surface area contributed by atoms with Crippen LogP contribution >= 0.6 is 0 Å². The van der Waals surface area contributed by atoms with E-state index in [0.29, 0.717) is 35.5 Å². The maximum Gasteiger partial charge on any atom is 0.274 e. The first-order valence-electron chi connectivity index (χ1n) is 10.1. The number of aromatic amines is 1. The maximum atomic E-state index is 12.9. The standard InChI is InChI=1S/C21H30N4O3S/c1-15(2)13-18-14-20(23-22-18)21(26)24-9-11-25(12-10-24)29(27,28)19-7-5-17(6-8-19)16(3)4/h5-8,14-16H,9-13H2,1-4H3,(H,22,23). The summed E-state index contributed by atoms with van der Waals surface area (Å²) in [5.74, 6) is 0.667. The van der Waals surface area contributed by atoms with Crippen LogP contribution in [0.1, 0.15) is 55.4 Å². The molecule has 0 bridgehead atoms. The van der Waals surface area contributed by atoms with Gasteiger partial charge in [-0.05, 0) is 42.0 Å². The predicted octanol–water partition coefficient (Wildman–Crippen LogP) is 2.88. The minimum Gasteiger partial charge on any atom is -0.335 e. The molecule has 2 heterocycles. The van der Waals surface area contributed by atoms with Gasteiger partial charge in [-0.25, -0.2) is 8.42 Å². The Balaban J connectivity index is 1.63. The molecule has 1 aromatic carbocycles. The molecule has 0 spiro atoms. The second-order valence-electron chi connectivity index (χ2n) is 8.30. The molecule has 1 fully saturated rings. The summed E-state index contributed by atoms with van der Waals surface area (Å²) in [4.78, 5) is 14.7. The number of rotatable bonds is 6. The summed E-state index contributed by atoms with van der Waals surface area (Å²) >= 11 is 0. The fraction of sp³-hybridized carbons (Fsp3) is 0.524. The van der Waals surface area contributed by atoms with Gasteiger partial charge < -0.3 is 4.90 Å². The number of nitrogens with one attached hydrogen (secondary N) is 1. The van der Waals surface area contributed by atoms with Gasteiger partial charge in [0.2, 0.25) is 10.0 Å². The molecular formula is C21H30N4O3S. The number of hydrogen-bond donors (Lipinski definition) is 1. The number of amides is 1. The summed E-state index contributed by atoms with van der Waals surface area (Å²) in [6.07, 6.45) is 0.835. The van der Waals surface area contributed by atoms with E-state index in [-0.39, 0.29) is 19.0 Å².